The predicted molar refractivity (Wildman–Crippen MR) is 95.2 cm³/mol. The topological polar surface area (TPSA) is 70.7 Å². The van der Waals surface area contributed by atoms with Crippen LogP contribution in [0.25, 0.3) is 11.4 Å². The summed E-state index contributed by atoms with van der Waals surface area (Å²) in [6.45, 7) is 6.25. The van der Waals surface area contributed by atoms with Crippen LogP contribution in [0, 0.1) is 13.8 Å². The number of hydrogen-bond acceptors (Lipinski definition) is 5. The monoisotopic (exact) mass is 340 g/mol. The molecule has 0 amide bonds. The predicted octanol–water partition coefficient (Wildman–Crippen LogP) is 3.15. The number of rotatable bonds is 6. The highest BCUT2D eigenvalue weighted by Crippen LogP contribution is 2.33. The largest absolute Gasteiger partial charge is 0.482 e. The number of tetrazole rings is 1. The quantitative estimate of drug-likeness (QED) is 0.689. The van der Waals surface area contributed by atoms with E-state index in [0.717, 1.165) is 41.1 Å². The highest BCUT2D eigenvalue weighted by molar-refractivity contribution is 5.60. The molecular formula is C18H24N6O. The molecule has 3 aromatic rings. The Labute approximate surface area is 147 Å². The van der Waals surface area contributed by atoms with E-state index < -0.39 is 0 Å². The number of nitrogens with zero attached hydrogens (tertiary/aromatic N) is 6. The van der Waals surface area contributed by atoms with Gasteiger partial charge in [-0.3, -0.25) is 0 Å². The molecule has 132 valence electrons. The third-order valence-electron chi connectivity index (χ3n) is 4.18. The third kappa shape index (κ3) is 3.55. The first kappa shape index (κ1) is 17.1. The summed E-state index contributed by atoms with van der Waals surface area (Å²) in [5.74, 6) is 2.46. The Morgan fingerprint density at radius 2 is 1.88 bits per heavy atom. The summed E-state index contributed by atoms with van der Waals surface area (Å²) in [5.41, 5.74) is 3.05. The van der Waals surface area contributed by atoms with Crippen LogP contribution in [-0.4, -0.2) is 29.8 Å². The fourth-order valence-corrected chi connectivity index (χ4v) is 3.00. The van der Waals surface area contributed by atoms with E-state index in [1.807, 2.05) is 50.0 Å². The molecule has 0 radical (unpaired) electrons. The van der Waals surface area contributed by atoms with E-state index in [0.29, 0.717) is 5.82 Å². The van der Waals surface area contributed by atoms with Gasteiger partial charge in [0.2, 0.25) is 5.82 Å². The third-order valence-corrected chi connectivity index (χ3v) is 4.18. The number of imidazole rings is 1. The molecule has 3 rings (SSSR count). The van der Waals surface area contributed by atoms with Crippen molar-refractivity contribution in [3.05, 3.63) is 41.5 Å². The van der Waals surface area contributed by atoms with E-state index in [2.05, 4.69) is 27.3 Å². The lowest BCUT2D eigenvalue weighted by molar-refractivity contribution is 0.178. The Kier molecular flexibility index (Phi) is 4.83. The molecule has 0 saturated heterocycles. The van der Waals surface area contributed by atoms with Crippen LogP contribution in [0.1, 0.15) is 42.8 Å². The lowest BCUT2D eigenvalue weighted by atomic mass is 10.0. The van der Waals surface area contributed by atoms with Crippen LogP contribution in [0.3, 0.4) is 0 Å². The van der Waals surface area contributed by atoms with Gasteiger partial charge in [0.1, 0.15) is 11.6 Å². The van der Waals surface area contributed by atoms with E-state index in [9.17, 15) is 0 Å². The lowest BCUT2D eigenvalue weighted by Crippen LogP contribution is -2.14. The number of aryl methyl sites for hydroxylation is 4. The minimum absolute atomic E-state index is 0.0668. The van der Waals surface area contributed by atoms with E-state index in [1.54, 1.807) is 7.05 Å². The van der Waals surface area contributed by atoms with Crippen molar-refractivity contribution >= 4 is 0 Å². The van der Waals surface area contributed by atoms with Gasteiger partial charge in [0, 0.05) is 25.0 Å². The Bertz CT molecular complexity index is 843. The molecule has 2 aromatic heterocycles. The average molecular weight is 340 g/mol. The summed E-state index contributed by atoms with van der Waals surface area (Å²) in [6.07, 6.45) is 5.63. The normalized spacial score (nSPS) is 12.4. The van der Waals surface area contributed by atoms with Gasteiger partial charge in [0.15, 0.2) is 6.10 Å². The first-order valence-electron chi connectivity index (χ1n) is 8.49. The zero-order valence-corrected chi connectivity index (χ0v) is 15.4. The zero-order valence-electron chi connectivity index (χ0n) is 15.4. The molecule has 0 spiro atoms. The molecule has 1 atom stereocenters. The van der Waals surface area contributed by atoms with Crippen LogP contribution >= 0.6 is 0 Å². The van der Waals surface area contributed by atoms with E-state index in [1.165, 1.54) is 4.80 Å². The van der Waals surface area contributed by atoms with Crippen LogP contribution in [-0.2, 0) is 14.1 Å². The minimum Gasteiger partial charge on any atom is -0.482 e. The maximum atomic E-state index is 6.39. The number of aromatic nitrogens is 6. The molecule has 25 heavy (non-hydrogen) atoms. The average Bonchev–Trinajstić information content (AvgIpc) is 3.18. The number of benzene rings is 1. The van der Waals surface area contributed by atoms with Gasteiger partial charge >= 0.3 is 0 Å². The molecule has 7 heteroatoms. The van der Waals surface area contributed by atoms with Crippen molar-refractivity contribution in [3.8, 4) is 17.1 Å². The van der Waals surface area contributed by atoms with Gasteiger partial charge in [-0.25, -0.2) is 4.98 Å². The zero-order chi connectivity index (χ0) is 18.0. The Morgan fingerprint density at radius 1 is 1.16 bits per heavy atom. The molecule has 1 aromatic carbocycles. The molecule has 0 bridgehead atoms. The number of hydrogen-bond donors (Lipinski definition) is 0. The van der Waals surface area contributed by atoms with Crippen LogP contribution < -0.4 is 4.74 Å². The van der Waals surface area contributed by atoms with E-state index in [-0.39, 0.29) is 6.10 Å². The molecule has 7 nitrogen and oxygen atoms in total. The molecule has 0 aliphatic rings. The Balaban J connectivity index is 1.92. The summed E-state index contributed by atoms with van der Waals surface area (Å²) >= 11 is 0. The highest BCUT2D eigenvalue weighted by Gasteiger charge is 2.20. The van der Waals surface area contributed by atoms with Crippen molar-refractivity contribution in [3.63, 3.8) is 0 Å². The first-order chi connectivity index (χ1) is 12.0. The van der Waals surface area contributed by atoms with Gasteiger partial charge in [-0.1, -0.05) is 13.3 Å². The minimum atomic E-state index is -0.0668. The van der Waals surface area contributed by atoms with Crippen LogP contribution in [0.5, 0.6) is 5.75 Å². The lowest BCUT2D eigenvalue weighted by Gasteiger charge is -2.21. The second kappa shape index (κ2) is 7.04. The van der Waals surface area contributed by atoms with Crippen molar-refractivity contribution in [1.29, 1.82) is 0 Å². The Morgan fingerprint density at radius 3 is 2.40 bits per heavy atom. The van der Waals surface area contributed by atoms with Crippen molar-refractivity contribution < 1.29 is 4.74 Å². The van der Waals surface area contributed by atoms with Crippen LogP contribution in [0.15, 0.2) is 24.5 Å². The van der Waals surface area contributed by atoms with Crippen LogP contribution in [0.2, 0.25) is 0 Å². The summed E-state index contributed by atoms with van der Waals surface area (Å²) in [6, 6.07) is 4.08. The second-order valence-corrected chi connectivity index (χ2v) is 6.33. The number of ether oxygens (including phenoxy) is 1. The van der Waals surface area contributed by atoms with Gasteiger partial charge in [-0.2, -0.15) is 4.80 Å². The van der Waals surface area contributed by atoms with Crippen molar-refractivity contribution in [2.75, 3.05) is 0 Å². The maximum Gasteiger partial charge on any atom is 0.204 e. The van der Waals surface area contributed by atoms with Crippen molar-refractivity contribution in [1.82, 2.24) is 29.8 Å². The van der Waals surface area contributed by atoms with Gasteiger partial charge < -0.3 is 9.30 Å². The molecule has 0 N–H and O–H groups in total. The molecule has 1 unspecified atom stereocenters. The molecule has 0 saturated carbocycles. The van der Waals surface area contributed by atoms with Crippen molar-refractivity contribution in [2.24, 2.45) is 14.1 Å². The molecule has 0 fully saturated rings. The van der Waals surface area contributed by atoms with Gasteiger partial charge in [-0.05, 0) is 48.7 Å². The van der Waals surface area contributed by atoms with Crippen LogP contribution in [0.4, 0.5) is 0 Å². The smallest absolute Gasteiger partial charge is 0.204 e. The Hall–Kier alpha value is -2.70. The molecule has 2 heterocycles. The second-order valence-electron chi connectivity index (χ2n) is 6.33. The van der Waals surface area contributed by atoms with Gasteiger partial charge in [-0.15, -0.1) is 10.2 Å². The van der Waals surface area contributed by atoms with E-state index in [4.69, 9.17) is 4.74 Å². The fraction of sp³-hybridized carbons (Fsp3) is 0.444. The summed E-state index contributed by atoms with van der Waals surface area (Å²) < 4.78 is 8.41. The fourth-order valence-electron chi connectivity index (χ4n) is 3.00. The van der Waals surface area contributed by atoms with Gasteiger partial charge in [0.25, 0.3) is 0 Å². The standard InChI is InChI=1S/C18H24N6O/c1-6-7-15(18-19-8-9-23(18)4)25-16-12(2)10-14(11-13(16)3)17-20-22-24(5)21-17/h8-11,15H,6-7H2,1-5H3. The van der Waals surface area contributed by atoms with Gasteiger partial charge in [0.05, 0.1) is 7.05 Å². The highest BCUT2D eigenvalue weighted by atomic mass is 16.5. The molecule has 0 aliphatic carbocycles. The molecule has 0 aliphatic heterocycles. The SMILES string of the molecule is CCCC(Oc1c(C)cc(-c2nnn(C)n2)cc1C)c1nccn1C. The molecular weight excluding hydrogens is 316 g/mol. The summed E-state index contributed by atoms with van der Waals surface area (Å²) in [7, 11) is 3.76. The first-order valence-corrected chi connectivity index (χ1v) is 8.49. The van der Waals surface area contributed by atoms with E-state index >= 15 is 0 Å². The summed E-state index contributed by atoms with van der Waals surface area (Å²) in [4.78, 5) is 5.93. The summed E-state index contributed by atoms with van der Waals surface area (Å²) in [5, 5.41) is 12.3. The van der Waals surface area contributed by atoms with Crippen molar-refractivity contribution in [2.45, 2.75) is 39.7 Å². The maximum absolute atomic E-state index is 6.39.